The van der Waals surface area contributed by atoms with Crippen LogP contribution < -0.4 is 4.74 Å². The van der Waals surface area contributed by atoms with Crippen molar-refractivity contribution in [1.29, 1.82) is 0 Å². The lowest BCUT2D eigenvalue weighted by Crippen LogP contribution is -2.19. The van der Waals surface area contributed by atoms with Crippen LogP contribution in [0.4, 0.5) is 4.39 Å². The maximum atomic E-state index is 12.8. The minimum Gasteiger partial charge on any atom is -0.492 e. The van der Waals surface area contributed by atoms with E-state index in [4.69, 9.17) is 4.74 Å². The topological polar surface area (TPSA) is 12.5 Å². The number of likely N-dealkylation sites (N-methyl/N-ethyl adjacent to an activating group) is 1. The van der Waals surface area contributed by atoms with Crippen LogP contribution in [0, 0.1) is 5.82 Å². The molecule has 0 aliphatic rings. The molecule has 0 radical (unpaired) electrons. The highest BCUT2D eigenvalue weighted by atomic mass is 79.9. The molecule has 0 amide bonds. The monoisotopic (exact) mass is 261 g/mol. The third-order valence-corrected chi connectivity index (χ3v) is 2.31. The second-order valence-electron chi connectivity index (χ2n) is 3.23. The summed E-state index contributed by atoms with van der Waals surface area (Å²) < 4.78 is 18.7. The molecule has 0 saturated carbocycles. The van der Waals surface area contributed by atoms with Crippen LogP contribution in [0.1, 0.15) is 0 Å². The Labute approximate surface area is 91.8 Å². The van der Waals surface area contributed by atoms with Gasteiger partial charge in [0.2, 0.25) is 0 Å². The molecule has 0 heterocycles. The first-order chi connectivity index (χ1) is 6.59. The van der Waals surface area contributed by atoms with E-state index in [2.05, 4.69) is 15.9 Å². The molecule has 0 fully saturated rings. The van der Waals surface area contributed by atoms with E-state index in [1.165, 1.54) is 6.07 Å². The number of nitrogens with zero attached hydrogens (tertiary/aromatic N) is 1. The maximum Gasteiger partial charge on any atom is 0.137 e. The molecule has 14 heavy (non-hydrogen) atoms. The third kappa shape index (κ3) is 3.64. The highest BCUT2D eigenvalue weighted by Crippen LogP contribution is 2.21. The Morgan fingerprint density at radius 2 is 2.14 bits per heavy atom. The van der Waals surface area contributed by atoms with Gasteiger partial charge < -0.3 is 9.64 Å². The van der Waals surface area contributed by atoms with Crippen molar-refractivity contribution in [2.24, 2.45) is 0 Å². The van der Waals surface area contributed by atoms with Gasteiger partial charge in [0.05, 0.1) is 4.47 Å². The number of rotatable bonds is 4. The molecule has 78 valence electrons. The smallest absolute Gasteiger partial charge is 0.137 e. The van der Waals surface area contributed by atoms with Crippen molar-refractivity contribution in [3.63, 3.8) is 0 Å². The second kappa shape index (κ2) is 5.32. The van der Waals surface area contributed by atoms with Crippen LogP contribution in [0.25, 0.3) is 0 Å². The van der Waals surface area contributed by atoms with Crippen molar-refractivity contribution in [1.82, 2.24) is 4.90 Å². The van der Waals surface area contributed by atoms with Gasteiger partial charge in [-0.15, -0.1) is 0 Å². The number of hydrogen-bond acceptors (Lipinski definition) is 2. The van der Waals surface area contributed by atoms with E-state index in [0.29, 0.717) is 16.8 Å². The zero-order valence-electron chi connectivity index (χ0n) is 8.26. The predicted molar refractivity (Wildman–Crippen MR) is 58.1 cm³/mol. The maximum absolute atomic E-state index is 12.8. The molecule has 0 aliphatic carbocycles. The van der Waals surface area contributed by atoms with Gasteiger partial charge >= 0.3 is 0 Å². The van der Waals surface area contributed by atoms with Gasteiger partial charge in [-0.3, -0.25) is 0 Å². The predicted octanol–water partition coefficient (Wildman–Crippen LogP) is 2.53. The van der Waals surface area contributed by atoms with E-state index in [1.807, 2.05) is 19.0 Å². The lowest BCUT2D eigenvalue weighted by molar-refractivity contribution is 0.261. The van der Waals surface area contributed by atoms with Crippen LogP contribution in [0.3, 0.4) is 0 Å². The molecule has 0 atom stereocenters. The Balaban J connectivity index is 2.47. The fourth-order valence-electron chi connectivity index (χ4n) is 0.913. The third-order valence-electron chi connectivity index (χ3n) is 1.70. The van der Waals surface area contributed by atoms with Crippen LogP contribution in [0.15, 0.2) is 22.7 Å². The first kappa shape index (κ1) is 11.5. The average Bonchev–Trinajstić information content (AvgIpc) is 2.10. The van der Waals surface area contributed by atoms with E-state index in [0.717, 1.165) is 6.54 Å². The zero-order valence-corrected chi connectivity index (χ0v) is 9.84. The minimum atomic E-state index is -0.273. The normalized spacial score (nSPS) is 10.6. The van der Waals surface area contributed by atoms with Crippen LogP contribution in [-0.2, 0) is 0 Å². The molecule has 1 rings (SSSR count). The van der Waals surface area contributed by atoms with Gasteiger partial charge in [-0.25, -0.2) is 4.39 Å². The minimum absolute atomic E-state index is 0.273. The van der Waals surface area contributed by atoms with Crippen LogP contribution in [0.2, 0.25) is 0 Å². The number of halogens is 2. The Morgan fingerprint density at radius 3 is 2.71 bits per heavy atom. The van der Waals surface area contributed by atoms with E-state index >= 15 is 0 Å². The molecule has 0 spiro atoms. The Bertz CT molecular complexity index is 304. The molecule has 0 saturated heterocycles. The Kier molecular flexibility index (Phi) is 4.35. The molecule has 2 nitrogen and oxygen atoms in total. The summed E-state index contributed by atoms with van der Waals surface area (Å²) >= 11 is 3.10. The van der Waals surface area contributed by atoms with E-state index < -0.39 is 0 Å². The molecule has 4 heteroatoms. The van der Waals surface area contributed by atoms with Gasteiger partial charge in [0, 0.05) is 6.54 Å². The highest BCUT2D eigenvalue weighted by molar-refractivity contribution is 9.10. The van der Waals surface area contributed by atoms with Gasteiger partial charge in [0.1, 0.15) is 18.2 Å². The van der Waals surface area contributed by atoms with Crippen LogP contribution >= 0.6 is 15.9 Å². The summed E-state index contributed by atoms with van der Waals surface area (Å²) in [5, 5.41) is 0. The molecular formula is C10H13BrFNO. The van der Waals surface area contributed by atoms with Crippen molar-refractivity contribution in [3.8, 4) is 5.75 Å². The Morgan fingerprint density at radius 1 is 1.43 bits per heavy atom. The van der Waals surface area contributed by atoms with E-state index in [9.17, 15) is 4.39 Å². The van der Waals surface area contributed by atoms with Gasteiger partial charge in [-0.05, 0) is 48.2 Å². The highest BCUT2D eigenvalue weighted by Gasteiger charge is 2.00. The summed E-state index contributed by atoms with van der Waals surface area (Å²) in [7, 11) is 3.95. The fraction of sp³-hybridized carbons (Fsp3) is 0.400. The largest absolute Gasteiger partial charge is 0.492 e. The number of hydrogen-bond donors (Lipinski definition) is 0. The molecule has 0 N–H and O–H groups in total. The number of ether oxygens (including phenoxy) is 1. The summed E-state index contributed by atoms with van der Waals surface area (Å²) in [6, 6.07) is 4.63. The quantitative estimate of drug-likeness (QED) is 0.826. The first-order valence-electron chi connectivity index (χ1n) is 4.32. The van der Waals surface area contributed by atoms with E-state index in [1.54, 1.807) is 12.1 Å². The van der Waals surface area contributed by atoms with Gasteiger partial charge in [-0.2, -0.15) is 0 Å². The summed E-state index contributed by atoms with van der Waals surface area (Å²) in [6.45, 7) is 1.44. The lowest BCUT2D eigenvalue weighted by Gasteiger charge is -2.11. The molecule has 0 aromatic heterocycles. The summed E-state index contributed by atoms with van der Waals surface area (Å²) in [5.41, 5.74) is 0. The van der Waals surface area contributed by atoms with Crippen molar-refractivity contribution in [2.75, 3.05) is 27.2 Å². The molecule has 0 bridgehead atoms. The zero-order chi connectivity index (χ0) is 10.6. The van der Waals surface area contributed by atoms with Crippen LogP contribution in [-0.4, -0.2) is 32.1 Å². The number of benzene rings is 1. The molecule has 0 aliphatic heterocycles. The van der Waals surface area contributed by atoms with Crippen molar-refractivity contribution < 1.29 is 9.13 Å². The van der Waals surface area contributed by atoms with Crippen molar-refractivity contribution in [2.45, 2.75) is 0 Å². The van der Waals surface area contributed by atoms with Gasteiger partial charge in [-0.1, -0.05) is 0 Å². The Hall–Kier alpha value is -0.610. The average molecular weight is 262 g/mol. The first-order valence-corrected chi connectivity index (χ1v) is 5.11. The second-order valence-corrected chi connectivity index (χ2v) is 4.08. The lowest BCUT2D eigenvalue weighted by atomic mass is 10.3. The summed E-state index contributed by atoms with van der Waals surface area (Å²) in [5.74, 6) is 0.407. The van der Waals surface area contributed by atoms with Gasteiger partial charge in [0.15, 0.2) is 0 Å². The van der Waals surface area contributed by atoms with Crippen molar-refractivity contribution >= 4 is 15.9 Å². The molecule has 1 aromatic rings. The van der Waals surface area contributed by atoms with E-state index in [-0.39, 0.29) is 5.82 Å². The molecule has 0 unspecified atom stereocenters. The van der Waals surface area contributed by atoms with Crippen LogP contribution in [0.5, 0.6) is 5.75 Å². The summed E-state index contributed by atoms with van der Waals surface area (Å²) in [4.78, 5) is 2.03. The summed E-state index contributed by atoms with van der Waals surface area (Å²) in [6.07, 6.45) is 0. The fourth-order valence-corrected chi connectivity index (χ4v) is 1.27. The SMILES string of the molecule is CN(C)CCOc1ccc(F)c(Br)c1. The standard InChI is InChI=1S/C10H13BrFNO/c1-13(2)5-6-14-8-3-4-10(12)9(11)7-8/h3-4,7H,5-6H2,1-2H3. The molecular weight excluding hydrogens is 249 g/mol. The van der Waals surface area contributed by atoms with Crippen molar-refractivity contribution in [3.05, 3.63) is 28.5 Å². The van der Waals surface area contributed by atoms with Gasteiger partial charge in [0.25, 0.3) is 0 Å². The molecule has 1 aromatic carbocycles.